The molecule has 2 unspecified atom stereocenters. The van der Waals surface area contributed by atoms with Crippen LogP contribution in [0.5, 0.6) is 0 Å². The number of aliphatic hydroxyl groups excluding tert-OH is 1. The molecule has 170 valence electrons. The van der Waals surface area contributed by atoms with Gasteiger partial charge in [0.2, 0.25) is 0 Å². The van der Waals surface area contributed by atoms with Gasteiger partial charge in [-0.15, -0.1) is 0 Å². The minimum absolute atomic E-state index is 0. The number of hydrogen-bond donors (Lipinski definition) is 1. The summed E-state index contributed by atoms with van der Waals surface area (Å²) in [6, 6.07) is 0. The van der Waals surface area contributed by atoms with E-state index in [4.69, 9.17) is 0 Å². The number of aliphatic hydroxyl groups is 1. The van der Waals surface area contributed by atoms with Gasteiger partial charge in [0.05, 0.1) is 16.2 Å². The van der Waals surface area contributed by atoms with Crippen molar-refractivity contribution < 1.29 is 69.5 Å². The van der Waals surface area contributed by atoms with Crippen molar-refractivity contribution in [3.05, 3.63) is 0 Å². The first-order valence-electron chi connectivity index (χ1n) is 12.0. The zero-order chi connectivity index (χ0) is 21.1. The Morgan fingerprint density at radius 3 is 1.31 bits per heavy atom. The van der Waals surface area contributed by atoms with Gasteiger partial charge in [-0.2, -0.15) is 0 Å². The van der Waals surface area contributed by atoms with E-state index in [-0.39, 0.29) is 57.5 Å². The standard InChI is InChI=1S/C23H48O4S.K/c1-3-19-23(28(25,26)27)21-18-16-14-12-10-8-6-5-7-9-11-13-15-17-20-22(24)4-2;/h22-24H,3-21H2,1-2H3,(H,25,26,27);/q;+1/p-1. The molecule has 0 aromatic heterocycles. The molecule has 0 saturated heterocycles. The fourth-order valence-electron chi connectivity index (χ4n) is 3.83. The van der Waals surface area contributed by atoms with E-state index in [9.17, 15) is 18.1 Å². The van der Waals surface area contributed by atoms with Gasteiger partial charge in [0.1, 0.15) is 0 Å². The Morgan fingerprint density at radius 2 is 1.00 bits per heavy atom. The molecule has 4 nitrogen and oxygen atoms in total. The third-order valence-corrected chi connectivity index (χ3v) is 7.09. The van der Waals surface area contributed by atoms with Crippen molar-refractivity contribution in [2.45, 2.75) is 147 Å². The maximum Gasteiger partial charge on any atom is 1.00 e. The summed E-state index contributed by atoms with van der Waals surface area (Å²) in [4.78, 5) is 0. The average molecular weight is 459 g/mol. The first-order valence-corrected chi connectivity index (χ1v) is 13.5. The maximum atomic E-state index is 11.2. The quantitative estimate of drug-likeness (QED) is 0.162. The van der Waals surface area contributed by atoms with Crippen LogP contribution in [0.4, 0.5) is 0 Å². The van der Waals surface area contributed by atoms with Crippen molar-refractivity contribution in [3.8, 4) is 0 Å². The van der Waals surface area contributed by atoms with E-state index in [2.05, 4.69) is 0 Å². The second-order valence-corrected chi connectivity index (χ2v) is 10.1. The zero-order valence-electron chi connectivity index (χ0n) is 19.7. The topological polar surface area (TPSA) is 77.4 Å². The third-order valence-electron chi connectivity index (χ3n) is 5.80. The molecule has 0 heterocycles. The minimum atomic E-state index is -4.11. The predicted molar refractivity (Wildman–Crippen MR) is 119 cm³/mol. The van der Waals surface area contributed by atoms with Crippen LogP contribution in [0.15, 0.2) is 0 Å². The molecule has 0 aromatic rings. The molecule has 6 heteroatoms. The summed E-state index contributed by atoms with van der Waals surface area (Å²) in [6.45, 7) is 3.97. The molecule has 0 spiro atoms. The van der Waals surface area contributed by atoms with E-state index >= 15 is 0 Å². The van der Waals surface area contributed by atoms with Crippen molar-refractivity contribution in [2.75, 3.05) is 0 Å². The molecule has 0 amide bonds. The van der Waals surface area contributed by atoms with Gasteiger partial charge < -0.3 is 9.66 Å². The summed E-state index contributed by atoms with van der Waals surface area (Å²) in [5.74, 6) is 0. The molecule has 0 saturated carbocycles. The van der Waals surface area contributed by atoms with Crippen LogP contribution in [0.25, 0.3) is 0 Å². The average Bonchev–Trinajstić information content (AvgIpc) is 2.65. The normalized spacial score (nSPS) is 13.8. The Kier molecular flexibility index (Phi) is 25.6. The van der Waals surface area contributed by atoms with E-state index < -0.39 is 15.4 Å². The van der Waals surface area contributed by atoms with Gasteiger partial charge in [-0.3, -0.25) is 0 Å². The monoisotopic (exact) mass is 458 g/mol. The third kappa shape index (κ3) is 22.5. The van der Waals surface area contributed by atoms with Crippen molar-refractivity contribution >= 4 is 10.1 Å². The van der Waals surface area contributed by atoms with Gasteiger partial charge in [-0.25, -0.2) is 8.42 Å². The van der Waals surface area contributed by atoms with E-state index in [0.29, 0.717) is 12.8 Å². The van der Waals surface area contributed by atoms with Crippen LogP contribution in [0.2, 0.25) is 0 Å². The minimum Gasteiger partial charge on any atom is -0.748 e. The van der Waals surface area contributed by atoms with E-state index in [1.165, 1.54) is 70.6 Å². The fourth-order valence-corrected chi connectivity index (χ4v) is 4.81. The SMILES string of the molecule is CCCC(CCCCCCCCCCCCCCCCC(O)CC)S(=O)(=O)[O-].[K+]. The Hall–Kier alpha value is 1.51. The summed E-state index contributed by atoms with van der Waals surface area (Å²) >= 11 is 0. The molecule has 2 atom stereocenters. The Bertz CT molecular complexity index is 429. The largest absolute Gasteiger partial charge is 1.00 e. The van der Waals surface area contributed by atoms with Crippen LogP contribution >= 0.6 is 0 Å². The van der Waals surface area contributed by atoms with Crippen molar-refractivity contribution in [2.24, 2.45) is 0 Å². The van der Waals surface area contributed by atoms with Crippen LogP contribution in [0.1, 0.15) is 136 Å². The van der Waals surface area contributed by atoms with Crippen LogP contribution < -0.4 is 51.4 Å². The maximum absolute atomic E-state index is 11.2. The fraction of sp³-hybridized carbons (Fsp3) is 1.00. The van der Waals surface area contributed by atoms with Gasteiger partial charge in [0.15, 0.2) is 0 Å². The molecule has 0 aliphatic heterocycles. The Labute approximate surface area is 224 Å². The van der Waals surface area contributed by atoms with Crippen LogP contribution in [-0.2, 0) is 10.1 Å². The number of unbranched alkanes of at least 4 members (excludes halogenated alkanes) is 13. The van der Waals surface area contributed by atoms with E-state index in [1.54, 1.807) is 0 Å². The molecular formula is C23H47KO4S. The number of rotatable bonds is 21. The van der Waals surface area contributed by atoms with Crippen molar-refractivity contribution in [3.63, 3.8) is 0 Å². The molecule has 0 radical (unpaired) electrons. The smallest absolute Gasteiger partial charge is 0.748 e. The first kappa shape index (κ1) is 32.7. The number of hydrogen-bond acceptors (Lipinski definition) is 4. The van der Waals surface area contributed by atoms with Gasteiger partial charge in [0, 0.05) is 5.25 Å². The molecule has 0 aromatic carbocycles. The van der Waals surface area contributed by atoms with Crippen molar-refractivity contribution in [1.82, 2.24) is 0 Å². The summed E-state index contributed by atoms with van der Waals surface area (Å²) in [5, 5.41) is 8.83. The summed E-state index contributed by atoms with van der Waals surface area (Å²) < 4.78 is 33.5. The van der Waals surface area contributed by atoms with Crippen LogP contribution in [-0.4, -0.2) is 29.4 Å². The Balaban J connectivity index is 0. The zero-order valence-corrected chi connectivity index (χ0v) is 23.6. The summed E-state index contributed by atoms with van der Waals surface area (Å²) in [6.07, 6.45) is 20.9. The van der Waals surface area contributed by atoms with Crippen LogP contribution in [0, 0.1) is 0 Å². The summed E-state index contributed by atoms with van der Waals surface area (Å²) in [7, 11) is -4.11. The van der Waals surface area contributed by atoms with Gasteiger partial charge in [0.25, 0.3) is 0 Å². The molecule has 0 aliphatic rings. The first-order chi connectivity index (χ1) is 13.4. The second kappa shape index (κ2) is 22.7. The van der Waals surface area contributed by atoms with Gasteiger partial charge >= 0.3 is 51.4 Å². The Morgan fingerprint density at radius 1 is 0.655 bits per heavy atom. The molecule has 1 N–H and O–H groups in total. The van der Waals surface area contributed by atoms with Crippen LogP contribution in [0.3, 0.4) is 0 Å². The molecule has 0 rings (SSSR count). The molecule has 0 fully saturated rings. The molecule has 0 bridgehead atoms. The predicted octanol–water partition coefficient (Wildman–Crippen LogP) is 3.72. The van der Waals surface area contributed by atoms with E-state index in [0.717, 1.165) is 38.5 Å². The summed E-state index contributed by atoms with van der Waals surface area (Å²) in [5.41, 5.74) is 0. The van der Waals surface area contributed by atoms with E-state index in [1.807, 2.05) is 13.8 Å². The van der Waals surface area contributed by atoms with Gasteiger partial charge in [-0.1, -0.05) is 110 Å². The molecule has 29 heavy (non-hydrogen) atoms. The molecular weight excluding hydrogens is 411 g/mol. The second-order valence-electron chi connectivity index (χ2n) is 8.49. The van der Waals surface area contributed by atoms with Crippen molar-refractivity contribution in [1.29, 1.82) is 0 Å². The van der Waals surface area contributed by atoms with Gasteiger partial charge in [-0.05, 0) is 25.7 Å². The molecule has 0 aliphatic carbocycles.